The molecular weight excluding hydrogens is 218 g/mol. The molecule has 0 aliphatic heterocycles. The average Bonchev–Trinajstić information content (AvgIpc) is 2.38. The van der Waals surface area contributed by atoms with Gasteiger partial charge < -0.3 is 5.32 Å². The summed E-state index contributed by atoms with van der Waals surface area (Å²) >= 11 is 0. The van der Waals surface area contributed by atoms with Crippen LogP contribution in [0.15, 0.2) is 48.8 Å². The van der Waals surface area contributed by atoms with E-state index in [0.29, 0.717) is 6.54 Å². The summed E-state index contributed by atoms with van der Waals surface area (Å²) in [6, 6.07) is 10.3. The van der Waals surface area contributed by atoms with Gasteiger partial charge in [-0.25, -0.2) is 0 Å². The first kappa shape index (κ1) is 11.1. The van der Waals surface area contributed by atoms with Crippen LogP contribution in [0.2, 0.25) is 0 Å². The first-order valence-electron chi connectivity index (χ1n) is 5.13. The number of anilines is 1. The van der Waals surface area contributed by atoms with E-state index in [1.165, 1.54) is 6.07 Å². The van der Waals surface area contributed by atoms with Crippen LogP contribution in [0, 0.1) is 10.1 Å². The molecule has 0 radical (unpaired) electrons. The van der Waals surface area contributed by atoms with E-state index in [0.717, 1.165) is 11.3 Å². The molecule has 0 saturated carbocycles. The van der Waals surface area contributed by atoms with Gasteiger partial charge in [0.2, 0.25) is 0 Å². The number of non-ortho nitro benzene ring substituents is 1. The third-order valence-electron chi connectivity index (χ3n) is 2.28. The van der Waals surface area contributed by atoms with E-state index in [-0.39, 0.29) is 5.69 Å². The van der Waals surface area contributed by atoms with Gasteiger partial charge in [0.15, 0.2) is 0 Å². The Morgan fingerprint density at radius 2 is 2.18 bits per heavy atom. The van der Waals surface area contributed by atoms with Crippen LogP contribution in [-0.4, -0.2) is 9.91 Å². The summed E-state index contributed by atoms with van der Waals surface area (Å²) in [5.41, 5.74) is 1.86. The number of nitro groups is 1. The Hall–Kier alpha value is -2.43. The summed E-state index contributed by atoms with van der Waals surface area (Å²) in [5.74, 6) is 0. The molecule has 0 aliphatic rings. The second-order valence-corrected chi connectivity index (χ2v) is 3.52. The van der Waals surface area contributed by atoms with Crippen LogP contribution in [0.25, 0.3) is 0 Å². The van der Waals surface area contributed by atoms with E-state index in [9.17, 15) is 10.1 Å². The molecule has 0 saturated heterocycles. The number of benzene rings is 1. The predicted octanol–water partition coefficient (Wildman–Crippen LogP) is 2.60. The molecule has 0 unspecified atom stereocenters. The molecule has 0 amide bonds. The summed E-state index contributed by atoms with van der Waals surface area (Å²) in [6.45, 7) is 0.535. The summed E-state index contributed by atoms with van der Waals surface area (Å²) in [7, 11) is 0. The molecule has 1 aromatic carbocycles. The minimum absolute atomic E-state index is 0.107. The zero-order valence-corrected chi connectivity index (χ0v) is 9.04. The second-order valence-electron chi connectivity index (χ2n) is 3.52. The van der Waals surface area contributed by atoms with Gasteiger partial charge in [0.1, 0.15) is 0 Å². The number of rotatable bonds is 4. The lowest BCUT2D eigenvalue weighted by atomic mass is 10.2. The number of hydrogen-bond acceptors (Lipinski definition) is 4. The van der Waals surface area contributed by atoms with E-state index >= 15 is 0 Å². The Bertz CT molecular complexity index is 514. The van der Waals surface area contributed by atoms with E-state index in [4.69, 9.17) is 0 Å². The van der Waals surface area contributed by atoms with Gasteiger partial charge in [0.05, 0.1) is 10.6 Å². The lowest BCUT2D eigenvalue weighted by Gasteiger charge is -2.05. The zero-order chi connectivity index (χ0) is 12.1. The van der Waals surface area contributed by atoms with Gasteiger partial charge in [0, 0.05) is 31.1 Å². The van der Waals surface area contributed by atoms with Crippen LogP contribution in [0.5, 0.6) is 0 Å². The maximum atomic E-state index is 10.6. The van der Waals surface area contributed by atoms with Crippen LogP contribution in [0.1, 0.15) is 5.56 Å². The highest BCUT2D eigenvalue weighted by Gasteiger charge is 2.04. The number of hydrogen-bond donors (Lipinski definition) is 1. The van der Waals surface area contributed by atoms with Crippen molar-refractivity contribution in [3.05, 3.63) is 64.5 Å². The minimum Gasteiger partial charge on any atom is -0.380 e. The fourth-order valence-corrected chi connectivity index (χ4v) is 1.45. The van der Waals surface area contributed by atoms with Crippen molar-refractivity contribution >= 4 is 11.4 Å². The van der Waals surface area contributed by atoms with Crippen molar-refractivity contribution in [3.63, 3.8) is 0 Å². The SMILES string of the molecule is O=[N+]([O-])c1cccc(CNc2cccnc2)c1. The Morgan fingerprint density at radius 1 is 1.29 bits per heavy atom. The number of nitro benzene ring substituents is 1. The van der Waals surface area contributed by atoms with Crippen LogP contribution >= 0.6 is 0 Å². The van der Waals surface area contributed by atoms with Gasteiger partial charge >= 0.3 is 0 Å². The maximum Gasteiger partial charge on any atom is 0.269 e. The number of pyridine rings is 1. The molecule has 0 fully saturated rings. The first-order valence-corrected chi connectivity index (χ1v) is 5.13. The van der Waals surface area contributed by atoms with E-state index in [1.54, 1.807) is 24.5 Å². The third-order valence-corrected chi connectivity index (χ3v) is 2.28. The molecule has 0 bridgehead atoms. The van der Waals surface area contributed by atoms with Gasteiger partial charge in [-0.3, -0.25) is 15.1 Å². The van der Waals surface area contributed by atoms with Crippen LogP contribution in [-0.2, 0) is 6.54 Å². The molecule has 17 heavy (non-hydrogen) atoms. The van der Waals surface area contributed by atoms with Crippen molar-refractivity contribution in [1.29, 1.82) is 0 Å². The lowest BCUT2D eigenvalue weighted by Crippen LogP contribution is -2.00. The lowest BCUT2D eigenvalue weighted by molar-refractivity contribution is -0.384. The highest BCUT2D eigenvalue weighted by molar-refractivity contribution is 5.42. The largest absolute Gasteiger partial charge is 0.380 e. The standard InChI is InChI=1S/C12H11N3O2/c16-15(17)12-5-1-3-10(7-12)8-14-11-4-2-6-13-9-11/h1-7,9,14H,8H2. The summed E-state index contributed by atoms with van der Waals surface area (Å²) in [5, 5.41) is 13.7. The molecular formula is C12H11N3O2. The van der Waals surface area contributed by atoms with Crippen molar-refractivity contribution in [1.82, 2.24) is 4.98 Å². The smallest absolute Gasteiger partial charge is 0.269 e. The van der Waals surface area contributed by atoms with Crippen molar-refractivity contribution in [3.8, 4) is 0 Å². The molecule has 2 rings (SSSR count). The van der Waals surface area contributed by atoms with E-state index in [2.05, 4.69) is 10.3 Å². The normalized spacial score (nSPS) is 9.88. The van der Waals surface area contributed by atoms with Crippen molar-refractivity contribution in [2.75, 3.05) is 5.32 Å². The molecule has 1 N–H and O–H groups in total. The fourth-order valence-electron chi connectivity index (χ4n) is 1.45. The molecule has 5 heteroatoms. The minimum atomic E-state index is -0.395. The van der Waals surface area contributed by atoms with Crippen molar-refractivity contribution in [2.45, 2.75) is 6.54 Å². The van der Waals surface area contributed by atoms with E-state index < -0.39 is 4.92 Å². The third kappa shape index (κ3) is 3.01. The van der Waals surface area contributed by atoms with Gasteiger partial charge in [-0.05, 0) is 17.7 Å². The Balaban J connectivity index is 2.04. The molecule has 2 aromatic rings. The Kier molecular flexibility index (Phi) is 3.30. The van der Waals surface area contributed by atoms with Crippen LogP contribution in [0.3, 0.4) is 0 Å². The molecule has 0 atom stereocenters. The van der Waals surface area contributed by atoms with Crippen LogP contribution in [0.4, 0.5) is 11.4 Å². The molecule has 5 nitrogen and oxygen atoms in total. The fraction of sp³-hybridized carbons (Fsp3) is 0.0833. The first-order chi connectivity index (χ1) is 8.25. The second kappa shape index (κ2) is 5.07. The highest BCUT2D eigenvalue weighted by Crippen LogP contribution is 2.14. The van der Waals surface area contributed by atoms with Gasteiger partial charge in [-0.1, -0.05) is 12.1 Å². The maximum absolute atomic E-state index is 10.6. The molecule has 0 aliphatic carbocycles. The van der Waals surface area contributed by atoms with Gasteiger partial charge in [0.25, 0.3) is 5.69 Å². The van der Waals surface area contributed by atoms with Gasteiger partial charge in [-0.2, -0.15) is 0 Å². The molecule has 0 spiro atoms. The molecule has 86 valence electrons. The molecule has 1 aromatic heterocycles. The topological polar surface area (TPSA) is 68.1 Å². The Labute approximate surface area is 98.3 Å². The number of aromatic nitrogens is 1. The average molecular weight is 229 g/mol. The number of nitrogens with zero attached hydrogens (tertiary/aromatic N) is 2. The van der Waals surface area contributed by atoms with Crippen molar-refractivity contribution < 1.29 is 4.92 Å². The Morgan fingerprint density at radius 3 is 2.88 bits per heavy atom. The van der Waals surface area contributed by atoms with Crippen LogP contribution < -0.4 is 5.32 Å². The molecule has 1 heterocycles. The van der Waals surface area contributed by atoms with Gasteiger partial charge in [-0.15, -0.1) is 0 Å². The van der Waals surface area contributed by atoms with E-state index in [1.807, 2.05) is 18.2 Å². The highest BCUT2D eigenvalue weighted by atomic mass is 16.6. The summed E-state index contributed by atoms with van der Waals surface area (Å²) in [6.07, 6.45) is 3.40. The quantitative estimate of drug-likeness (QED) is 0.646. The summed E-state index contributed by atoms with van der Waals surface area (Å²) < 4.78 is 0. The predicted molar refractivity (Wildman–Crippen MR) is 64.7 cm³/mol. The van der Waals surface area contributed by atoms with Crippen molar-refractivity contribution in [2.24, 2.45) is 0 Å². The zero-order valence-electron chi connectivity index (χ0n) is 9.04. The number of nitrogens with one attached hydrogen (secondary N) is 1. The summed E-state index contributed by atoms with van der Waals surface area (Å²) in [4.78, 5) is 14.2. The monoisotopic (exact) mass is 229 g/mol.